The monoisotopic (exact) mass is 222 g/mol. The highest BCUT2D eigenvalue weighted by molar-refractivity contribution is 5.93. The molecule has 1 heterocycles. The summed E-state index contributed by atoms with van der Waals surface area (Å²) in [7, 11) is 0. The third-order valence-electron chi connectivity index (χ3n) is 2.98. The van der Waals surface area contributed by atoms with E-state index in [1.165, 1.54) is 6.92 Å². The Bertz CT molecular complexity index is 437. The summed E-state index contributed by atoms with van der Waals surface area (Å²) in [5.74, 6) is -0.323. The van der Waals surface area contributed by atoms with E-state index in [9.17, 15) is 15.0 Å². The summed E-state index contributed by atoms with van der Waals surface area (Å²) in [6.45, 7) is 3.60. The summed E-state index contributed by atoms with van der Waals surface area (Å²) in [5.41, 5.74) is 2.82. The van der Waals surface area contributed by atoms with Gasteiger partial charge < -0.3 is 14.9 Å². The van der Waals surface area contributed by atoms with Crippen molar-refractivity contribution in [3.05, 3.63) is 34.4 Å². The van der Waals surface area contributed by atoms with Crippen LogP contribution in [0.1, 0.15) is 40.1 Å². The van der Waals surface area contributed by atoms with E-state index in [-0.39, 0.29) is 12.6 Å². The van der Waals surface area contributed by atoms with Gasteiger partial charge >= 0.3 is 5.97 Å². The number of aliphatic hydroxyl groups excluding tert-OH is 2. The number of carbonyl (C=O) groups excluding carboxylic acids is 1. The van der Waals surface area contributed by atoms with E-state index in [1.54, 1.807) is 12.1 Å². The molecule has 0 saturated carbocycles. The molecule has 0 fully saturated rings. The average Bonchev–Trinajstić information content (AvgIpc) is 2.61. The lowest BCUT2D eigenvalue weighted by Gasteiger charge is -2.17. The summed E-state index contributed by atoms with van der Waals surface area (Å²) >= 11 is 0. The molecular formula is C12H14O4. The van der Waals surface area contributed by atoms with Crippen LogP contribution in [0.4, 0.5) is 0 Å². The first-order chi connectivity index (χ1) is 7.52. The van der Waals surface area contributed by atoms with E-state index >= 15 is 0 Å². The Kier molecular flexibility index (Phi) is 2.69. The zero-order chi connectivity index (χ0) is 11.9. The molecular weight excluding hydrogens is 208 g/mol. The second-order valence-electron chi connectivity index (χ2n) is 4.07. The van der Waals surface area contributed by atoms with Crippen molar-refractivity contribution in [1.29, 1.82) is 0 Å². The molecule has 1 aromatic carbocycles. The fourth-order valence-corrected chi connectivity index (χ4v) is 1.95. The molecule has 0 unspecified atom stereocenters. The lowest BCUT2D eigenvalue weighted by molar-refractivity contribution is 0.0300. The largest absolute Gasteiger partial charge is 0.457 e. The quantitative estimate of drug-likeness (QED) is 0.735. The van der Waals surface area contributed by atoms with Gasteiger partial charge in [-0.2, -0.15) is 0 Å². The number of aliphatic hydroxyl groups is 2. The predicted molar refractivity (Wildman–Crippen MR) is 56.9 cm³/mol. The Morgan fingerprint density at radius 2 is 2.06 bits per heavy atom. The van der Waals surface area contributed by atoms with Crippen molar-refractivity contribution in [3.63, 3.8) is 0 Å². The Hall–Kier alpha value is -1.39. The van der Waals surface area contributed by atoms with Crippen LogP contribution in [0.5, 0.6) is 0 Å². The van der Waals surface area contributed by atoms with Crippen LogP contribution >= 0.6 is 0 Å². The molecule has 0 aromatic heterocycles. The van der Waals surface area contributed by atoms with E-state index in [0.717, 1.165) is 11.1 Å². The molecule has 16 heavy (non-hydrogen) atoms. The molecule has 86 valence electrons. The van der Waals surface area contributed by atoms with Crippen molar-refractivity contribution < 1.29 is 19.7 Å². The fraction of sp³-hybridized carbons (Fsp3) is 0.417. The van der Waals surface area contributed by atoms with Crippen LogP contribution in [-0.2, 0) is 11.3 Å². The lowest BCUT2D eigenvalue weighted by Crippen LogP contribution is -2.15. The number of hydrogen-bond acceptors (Lipinski definition) is 4. The van der Waals surface area contributed by atoms with Crippen LogP contribution in [0.3, 0.4) is 0 Å². The van der Waals surface area contributed by atoms with Gasteiger partial charge in [0.15, 0.2) is 0 Å². The Labute approximate surface area is 93.5 Å². The summed E-state index contributed by atoms with van der Waals surface area (Å²) in [5, 5.41) is 19.2. The van der Waals surface area contributed by atoms with Crippen molar-refractivity contribution in [1.82, 2.24) is 0 Å². The summed E-state index contributed by atoms with van der Waals surface area (Å²) in [6.07, 6.45) is -1.77. The highest BCUT2D eigenvalue weighted by atomic mass is 16.5. The lowest BCUT2D eigenvalue weighted by atomic mass is 9.94. The van der Waals surface area contributed by atoms with Gasteiger partial charge in [-0.3, -0.25) is 0 Å². The SMILES string of the molecule is Cc1c([C@@H](O)[C@H](C)O)ccc2c1COC2=O. The van der Waals surface area contributed by atoms with E-state index < -0.39 is 12.2 Å². The van der Waals surface area contributed by atoms with Crippen LogP contribution in [0.2, 0.25) is 0 Å². The highest BCUT2D eigenvalue weighted by Crippen LogP contribution is 2.29. The predicted octanol–water partition coefficient (Wildman–Crippen LogP) is 1.08. The zero-order valence-corrected chi connectivity index (χ0v) is 9.23. The third kappa shape index (κ3) is 1.60. The topological polar surface area (TPSA) is 66.8 Å². The first-order valence-corrected chi connectivity index (χ1v) is 5.18. The van der Waals surface area contributed by atoms with Crippen LogP contribution < -0.4 is 0 Å². The second-order valence-corrected chi connectivity index (χ2v) is 4.07. The molecule has 1 aliphatic rings. The maximum atomic E-state index is 11.3. The van der Waals surface area contributed by atoms with Gasteiger partial charge in [-0.15, -0.1) is 0 Å². The first-order valence-electron chi connectivity index (χ1n) is 5.18. The molecule has 0 bridgehead atoms. The highest BCUT2D eigenvalue weighted by Gasteiger charge is 2.26. The molecule has 0 spiro atoms. The molecule has 4 nitrogen and oxygen atoms in total. The van der Waals surface area contributed by atoms with Crippen LogP contribution in [-0.4, -0.2) is 22.3 Å². The Morgan fingerprint density at radius 1 is 1.38 bits per heavy atom. The minimum atomic E-state index is -0.930. The molecule has 0 aliphatic carbocycles. The molecule has 2 N–H and O–H groups in total. The van der Waals surface area contributed by atoms with E-state index in [1.807, 2.05) is 6.92 Å². The van der Waals surface area contributed by atoms with E-state index in [4.69, 9.17) is 4.74 Å². The van der Waals surface area contributed by atoms with E-state index in [0.29, 0.717) is 11.1 Å². The van der Waals surface area contributed by atoms with E-state index in [2.05, 4.69) is 0 Å². The van der Waals surface area contributed by atoms with Crippen LogP contribution in [0.25, 0.3) is 0 Å². The van der Waals surface area contributed by atoms with Gasteiger partial charge in [-0.25, -0.2) is 4.79 Å². The summed E-state index contributed by atoms with van der Waals surface area (Å²) < 4.78 is 4.92. The fourth-order valence-electron chi connectivity index (χ4n) is 1.95. The molecule has 2 atom stereocenters. The molecule has 1 aromatic rings. The van der Waals surface area contributed by atoms with Gasteiger partial charge in [0.2, 0.25) is 0 Å². The van der Waals surface area contributed by atoms with Crippen LogP contribution in [0.15, 0.2) is 12.1 Å². The average molecular weight is 222 g/mol. The maximum absolute atomic E-state index is 11.3. The van der Waals surface area contributed by atoms with Crippen molar-refractivity contribution >= 4 is 5.97 Å². The minimum absolute atomic E-state index is 0.250. The molecule has 1 aliphatic heterocycles. The third-order valence-corrected chi connectivity index (χ3v) is 2.98. The Balaban J connectivity index is 2.48. The van der Waals surface area contributed by atoms with Gasteiger partial charge in [0.25, 0.3) is 0 Å². The first kappa shape index (κ1) is 11.1. The molecule has 0 radical (unpaired) electrons. The number of fused-ring (bicyclic) bond motifs is 1. The molecule has 0 saturated heterocycles. The number of benzene rings is 1. The van der Waals surface area contributed by atoms with Crippen molar-refractivity contribution in [2.24, 2.45) is 0 Å². The number of esters is 1. The standard InChI is InChI=1S/C12H14O4/c1-6-8(11(14)7(2)13)3-4-9-10(6)5-16-12(9)15/h3-4,7,11,13-14H,5H2,1-2H3/t7-,11-/m0/s1. The summed E-state index contributed by atoms with van der Waals surface area (Å²) in [6, 6.07) is 3.30. The molecule has 2 rings (SSSR count). The van der Waals surface area contributed by atoms with Crippen molar-refractivity contribution in [3.8, 4) is 0 Å². The van der Waals surface area contributed by atoms with Gasteiger partial charge in [0.1, 0.15) is 12.7 Å². The number of carbonyl (C=O) groups is 1. The van der Waals surface area contributed by atoms with Crippen molar-refractivity contribution in [2.45, 2.75) is 32.7 Å². The molecule has 4 heteroatoms. The van der Waals surface area contributed by atoms with Gasteiger partial charge in [-0.05, 0) is 31.0 Å². The van der Waals surface area contributed by atoms with Gasteiger partial charge in [0, 0.05) is 5.56 Å². The zero-order valence-electron chi connectivity index (χ0n) is 9.23. The van der Waals surface area contributed by atoms with Crippen molar-refractivity contribution in [2.75, 3.05) is 0 Å². The smallest absolute Gasteiger partial charge is 0.338 e. The molecule has 0 amide bonds. The maximum Gasteiger partial charge on any atom is 0.338 e. The Morgan fingerprint density at radius 3 is 2.69 bits per heavy atom. The van der Waals surface area contributed by atoms with Crippen LogP contribution in [0, 0.1) is 6.92 Å². The summed E-state index contributed by atoms with van der Waals surface area (Å²) in [4.78, 5) is 11.3. The normalized spacial score (nSPS) is 17.9. The van der Waals surface area contributed by atoms with Gasteiger partial charge in [-0.1, -0.05) is 6.07 Å². The number of ether oxygens (including phenoxy) is 1. The number of hydrogen-bond donors (Lipinski definition) is 2. The number of cyclic esters (lactones) is 1. The minimum Gasteiger partial charge on any atom is -0.457 e. The van der Waals surface area contributed by atoms with Gasteiger partial charge in [0.05, 0.1) is 11.7 Å². The second kappa shape index (κ2) is 3.88. The number of rotatable bonds is 2.